The third-order valence-electron chi connectivity index (χ3n) is 4.46. The summed E-state index contributed by atoms with van der Waals surface area (Å²) in [5.41, 5.74) is 2.55. The first kappa shape index (κ1) is 14.8. The van der Waals surface area contributed by atoms with E-state index in [4.69, 9.17) is 0 Å². The minimum absolute atomic E-state index is 0.0738. The van der Waals surface area contributed by atoms with E-state index in [-0.39, 0.29) is 23.7 Å². The summed E-state index contributed by atoms with van der Waals surface area (Å²) in [6.45, 7) is 2.06. The third-order valence-corrected chi connectivity index (χ3v) is 4.46. The molecule has 1 aliphatic carbocycles. The maximum absolute atomic E-state index is 13.7. The van der Waals surface area contributed by atoms with Crippen LogP contribution in [0.2, 0.25) is 0 Å². The van der Waals surface area contributed by atoms with Crippen LogP contribution in [0.25, 0.3) is 0 Å². The van der Waals surface area contributed by atoms with E-state index in [1.807, 2.05) is 12.1 Å². The van der Waals surface area contributed by atoms with Crippen molar-refractivity contribution in [3.05, 3.63) is 71.0 Å². The van der Waals surface area contributed by atoms with Crippen molar-refractivity contribution in [2.45, 2.75) is 38.1 Å². The minimum Gasteiger partial charge on any atom is -0.347 e. The van der Waals surface area contributed by atoms with Gasteiger partial charge in [-0.2, -0.15) is 0 Å². The fourth-order valence-corrected chi connectivity index (χ4v) is 3.34. The molecule has 0 radical (unpaired) electrons. The molecule has 3 rings (SSSR count). The molecule has 1 atom stereocenters. The second-order valence-corrected chi connectivity index (χ2v) is 6.16. The molecule has 0 saturated carbocycles. The predicted molar refractivity (Wildman–Crippen MR) is 85.0 cm³/mol. The summed E-state index contributed by atoms with van der Waals surface area (Å²) >= 11 is 0. The molecule has 1 unspecified atom stereocenters. The van der Waals surface area contributed by atoms with Crippen molar-refractivity contribution in [1.29, 1.82) is 0 Å². The van der Waals surface area contributed by atoms with E-state index < -0.39 is 0 Å². The quantitative estimate of drug-likeness (QED) is 0.919. The van der Waals surface area contributed by atoms with Crippen LogP contribution in [-0.2, 0) is 23.2 Å². The molecule has 1 amide bonds. The maximum Gasteiger partial charge on any atom is 0.225 e. The van der Waals surface area contributed by atoms with Crippen LogP contribution < -0.4 is 5.32 Å². The van der Waals surface area contributed by atoms with Gasteiger partial charge in [-0.3, -0.25) is 4.79 Å². The van der Waals surface area contributed by atoms with Crippen LogP contribution in [-0.4, -0.2) is 5.91 Å². The van der Waals surface area contributed by atoms with Gasteiger partial charge < -0.3 is 5.32 Å². The minimum atomic E-state index is -0.364. The lowest BCUT2D eigenvalue weighted by atomic mass is 9.77. The van der Waals surface area contributed by atoms with Gasteiger partial charge in [0.25, 0.3) is 0 Å². The highest BCUT2D eigenvalue weighted by atomic mass is 19.1. The molecule has 0 aliphatic heterocycles. The Balaban J connectivity index is 1.78. The molecule has 0 bridgehead atoms. The number of halogens is 1. The first-order valence-electron chi connectivity index (χ1n) is 7.71. The molecule has 0 heterocycles. The molecule has 0 fully saturated rings. The topological polar surface area (TPSA) is 29.1 Å². The largest absolute Gasteiger partial charge is 0.347 e. The predicted octanol–water partition coefficient (Wildman–Crippen LogP) is 3.74. The van der Waals surface area contributed by atoms with Gasteiger partial charge in [-0.15, -0.1) is 0 Å². The van der Waals surface area contributed by atoms with Gasteiger partial charge >= 0.3 is 0 Å². The summed E-state index contributed by atoms with van der Waals surface area (Å²) in [5, 5.41) is 3.12. The molecule has 114 valence electrons. The smallest absolute Gasteiger partial charge is 0.225 e. The molecule has 2 aromatic carbocycles. The normalized spacial score (nSPS) is 20.3. The third kappa shape index (κ3) is 2.89. The summed E-state index contributed by atoms with van der Waals surface area (Å²) in [7, 11) is 0. The number of nitrogens with one attached hydrogen (secondary N) is 1. The molecular weight excluding hydrogens is 277 g/mol. The van der Waals surface area contributed by atoms with Gasteiger partial charge in [-0.05, 0) is 48.9 Å². The molecule has 1 N–H and O–H groups in total. The first-order chi connectivity index (χ1) is 10.6. The van der Waals surface area contributed by atoms with Crippen molar-refractivity contribution in [1.82, 2.24) is 5.32 Å². The Labute approximate surface area is 130 Å². The maximum atomic E-state index is 13.7. The molecular formula is C19H20FNO. The summed E-state index contributed by atoms with van der Waals surface area (Å²) in [5.74, 6) is -0.462. The number of carbonyl (C=O) groups excluding carboxylic acids is 1. The van der Waals surface area contributed by atoms with E-state index >= 15 is 0 Å². The van der Waals surface area contributed by atoms with Crippen LogP contribution in [0.5, 0.6) is 0 Å². The Kier molecular flexibility index (Phi) is 3.97. The van der Waals surface area contributed by atoms with E-state index in [2.05, 4.69) is 24.4 Å². The number of carbonyl (C=O) groups is 1. The molecule has 2 nitrogen and oxygen atoms in total. The summed E-state index contributed by atoms with van der Waals surface area (Å²) in [6.07, 6.45) is 3.08. The fraction of sp³-hybridized carbons (Fsp3) is 0.316. The van der Waals surface area contributed by atoms with Gasteiger partial charge in [0.15, 0.2) is 0 Å². The van der Waals surface area contributed by atoms with E-state index in [0.29, 0.717) is 5.56 Å². The molecule has 3 heteroatoms. The lowest BCUT2D eigenvalue weighted by Gasteiger charge is -2.37. The van der Waals surface area contributed by atoms with Gasteiger partial charge in [-0.1, -0.05) is 42.5 Å². The zero-order chi connectivity index (χ0) is 15.6. The van der Waals surface area contributed by atoms with Crippen LogP contribution in [0.4, 0.5) is 4.39 Å². The summed E-state index contributed by atoms with van der Waals surface area (Å²) < 4.78 is 13.7. The van der Waals surface area contributed by atoms with Crippen LogP contribution in [0.1, 0.15) is 36.5 Å². The van der Waals surface area contributed by atoms with Crippen molar-refractivity contribution in [2.24, 2.45) is 0 Å². The highest BCUT2D eigenvalue weighted by molar-refractivity contribution is 5.79. The number of hydrogen-bond donors (Lipinski definition) is 1. The van der Waals surface area contributed by atoms with E-state index in [1.165, 1.54) is 17.2 Å². The van der Waals surface area contributed by atoms with Gasteiger partial charge in [0.2, 0.25) is 5.91 Å². The Morgan fingerprint density at radius 3 is 2.73 bits per heavy atom. The zero-order valence-electron chi connectivity index (χ0n) is 12.7. The summed E-state index contributed by atoms with van der Waals surface area (Å²) in [6, 6.07) is 14.7. The molecule has 2 aromatic rings. The molecule has 0 aromatic heterocycles. The number of fused-ring (bicyclic) bond motifs is 1. The van der Waals surface area contributed by atoms with Crippen molar-refractivity contribution < 1.29 is 9.18 Å². The Bertz CT molecular complexity index is 697. The second-order valence-electron chi connectivity index (χ2n) is 6.16. The monoisotopic (exact) mass is 297 g/mol. The molecule has 1 aliphatic rings. The van der Waals surface area contributed by atoms with Crippen molar-refractivity contribution in [3.63, 3.8) is 0 Å². The number of hydrogen-bond acceptors (Lipinski definition) is 1. The van der Waals surface area contributed by atoms with Crippen molar-refractivity contribution in [3.8, 4) is 0 Å². The second kappa shape index (κ2) is 5.91. The van der Waals surface area contributed by atoms with Crippen LogP contribution in [0.15, 0.2) is 48.5 Å². The van der Waals surface area contributed by atoms with Gasteiger partial charge in [-0.25, -0.2) is 4.39 Å². The average Bonchev–Trinajstić information content (AvgIpc) is 2.50. The van der Waals surface area contributed by atoms with Crippen LogP contribution in [0, 0.1) is 5.82 Å². The van der Waals surface area contributed by atoms with Gasteiger partial charge in [0.1, 0.15) is 5.82 Å². The van der Waals surface area contributed by atoms with Crippen LogP contribution in [0.3, 0.4) is 0 Å². The average molecular weight is 297 g/mol. The van der Waals surface area contributed by atoms with Crippen molar-refractivity contribution in [2.75, 3.05) is 0 Å². The number of rotatable bonds is 3. The van der Waals surface area contributed by atoms with E-state index in [0.717, 1.165) is 19.3 Å². The lowest BCUT2D eigenvalue weighted by molar-refractivity contribution is -0.122. The number of aryl methyl sites for hydroxylation is 1. The van der Waals surface area contributed by atoms with Gasteiger partial charge in [0.05, 0.1) is 12.0 Å². The molecule has 0 spiro atoms. The fourth-order valence-electron chi connectivity index (χ4n) is 3.34. The lowest BCUT2D eigenvalue weighted by Crippen LogP contribution is -2.46. The Morgan fingerprint density at radius 1 is 1.18 bits per heavy atom. The van der Waals surface area contributed by atoms with E-state index in [1.54, 1.807) is 18.2 Å². The number of benzene rings is 2. The first-order valence-corrected chi connectivity index (χ1v) is 7.71. The highest BCUT2D eigenvalue weighted by Crippen LogP contribution is 2.34. The van der Waals surface area contributed by atoms with Crippen molar-refractivity contribution >= 4 is 5.91 Å². The zero-order valence-corrected chi connectivity index (χ0v) is 12.7. The standard InChI is InChI=1S/C19H20FNO/c1-19(12-6-9-14-7-2-4-10-16(14)19)21-18(22)13-15-8-3-5-11-17(15)20/h2-5,7-8,10-11H,6,9,12-13H2,1H3,(H,21,22). The summed E-state index contributed by atoms with van der Waals surface area (Å²) in [4.78, 5) is 12.4. The highest BCUT2D eigenvalue weighted by Gasteiger charge is 2.33. The van der Waals surface area contributed by atoms with Gasteiger partial charge in [0, 0.05) is 0 Å². The molecule has 22 heavy (non-hydrogen) atoms. The molecule has 0 saturated heterocycles. The Morgan fingerprint density at radius 2 is 1.91 bits per heavy atom. The Hall–Kier alpha value is -2.16. The SMILES string of the molecule is CC1(NC(=O)Cc2ccccc2F)CCCc2ccccc21. The number of amides is 1. The van der Waals surface area contributed by atoms with E-state index in [9.17, 15) is 9.18 Å². The van der Waals surface area contributed by atoms with Crippen LogP contribution >= 0.6 is 0 Å².